The smallest absolute Gasteiger partial charge is 0.444 e. The molecule has 0 aromatic heterocycles. The van der Waals surface area contributed by atoms with Gasteiger partial charge >= 0.3 is 13.9 Å². The van der Waals surface area contributed by atoms with Gasteiger partial charge in [-0.3, -0.25) is 13.6 Å². The summed E-state index contributed by atoms with van der Waals surface area (Å²) in [6.07, 6.45) is -0.548. The van der Waals surface area contributed by atoms with Crippen LogP contribution in [0.25, 0.3) is 0 Å². The Labute approximate surface area is 100 Å². The number of alkyl carbamates (subject to hydrolysis) is 1. The number of hydrogen-bond acceptors (Lipinski definition) is 6. The van der Waals surface area contributed by atoms with Crippen LogP contribution in [0, 0.1) is 0 Å². The van der Waals surface area contributed by atoms with Crippen LogP contribution in [0.1, 0.15) is 20.8 Å². The molecule has 0 bridgehead atoms. The predicted molar refractivity (Wildman–Crippen MR) is 59.7 cm³/mol. The Balaban J connectivity index is 2.12. The molecule has 1 amide bonds. The van der Waals surface area contributed by atoms with Gasteiger partial charge in [0.1, 0.15) is 5.60 Å². The molecule has 0 aromatic rings. The number of carbonyl (C=O) groups is 1. The number of carbonyl (C=O) groups excluding carboxylic acids is 1. The van der Waals surface area contributed by atoms with E-state index in [0.29, 0.717) is 0 Å². The third-order valence-electron chi connectivity index (χ3n) is 1.60. The second-order valence-corrected chi connectivity index (χ2v) is 6.04. The normalized spacial score (nSPS) is 19.0. The molecule has 1 N–H and O–H groups in total. The molecule has 1 heterocycles. The van der Waals surface area contributed by atoms with Crippen molar-refractivity contribution in [2.75, 3.05) is 26.4 Å². The lowest BCUT2D eigenvalue weighted by atomic mass is 10.2. The molecule has 8 heteroatoms. The topological polar surface area (TPSA) is 83.1 Å². The Morgan fingerprint density at radius 2 is 1.94 bits per heavy atom. The van der Waals surface area contributed by atoms with Gasteiger partial charge in [0, 0.05) is 6.54 Å². The summed E-state index contributed by atoms with van der Waals surface area (Å²) >= 11 is 0. The van der Waals surface area contributed by atoms with E-state index in [1.54, 1.807) is 20.8 Å². The lowest BCUT2D eigenvalue weighted by Crippen LogP contribution is -2.34. The van der Waals surface area contributed by atoms with Crippen molar-refractivity contribution in [3.63, 3.8) is 0 Å². The SMILES string of the molecule is CC(C)(C)OC(=O)NCCOP1(=O)OCCO1. The minimum atomic E-state index is -3.36. The third kappa shape index (κ3) is 6.02. The van der Waals surface area contributed by atoms with Crippen molar-refractivity contribution in [1.82, 2.24) is 5.32 Å². The van der Waals surface area contributed by atoms with Gasteiger partial charge in [-0.2, -0.15) is 0 Å². The largest absolute Gasteiger partial charge is 0.475 e. The van der Waals surface area contributed by atoms with Crippen LogP contribution in [0.2, 0.25) is 0 Å². The maximum Gasteiger partial charge on any atom is 0.475 e. The number of phosphoric ester groups is 1. The fraction of sp³-hybridized carbons (Fsp3) is 0.889. The molecule has 100 valence electrons. The summed E-state index contributed by atoms with van der Waals surface area (Å²) < 4.78 is 31.0. The molecule has 0 atom stereocenters. The average Bonchev–Trinajstić information content (AvgIpc) is 2.58. The van der Waals surface area contributed by atoms with Gasteiger partial charge in [-0.15, -0.1) is 0 Å². The molecular formula is C9H18NO6P. The van der Waals surface area contributed by atoms with Crippen LogP contribution in [0.15, 0.2) is 0 Å². The molecule has 1 rings (SSSR count). The van der Waals surface area contributed by atoms with E-state index in [0.717, 1.165) is 0 Å². The maximum absolute atomic E-state index is 11.5. The summed E-state index contributed by atoms with van der Waals surface area (Å²) in [6, 6.07) is 0. The molecule has 0 saturated carbocycles. The molecule has 1 saturated heterocycles. The van der Waals surface area contributed by atoms with Crippen molar-refractivity contribution in [3.05, 3.63) is 0 Å². The zero-order valence-corrected chi connectivity index (χ0v) is 11.1. The molecule has 17 heavy (non-hydrogen) atoms. The lowest BCUT2D eigenvalue weighted by molar-refractivity contribution is 0.0515. The second kappa shape index (κ2) is 5.82. The van der Waals surface area contributed by atoms with Crippen molar-refractivity contribution in [2.24, 2.45) is 0 Å². The van der Waals surface area contributed by atoms with E-state index in [2.05, 4.69) is 5.32 Å². The van der Waals surface area contributed by atoms with Crippen molar-refractivity contribution < 1.29 is 27.7 Å². The van der Waals surface area contributed by atoms with Crippen molar-refractivity contribution in [2.45, 2.75) is 26.4 Å². The molecule has 0 spiro atoms. The van der Waals surface area contributed by atoms with Crippen LogP contribution in [0.4, 0.5) is 4.79 Å². The van der Waals surface area contributed by atoms with Gasteiger partial charge in [0.05, 0.1) is 19.8 Å². The number of amides is 1. The average molecular weight is 267 g/mol. The van der Waals surface area contributed by atoms with Crippen LogP contribution in [0.5, 0.6) is 0 Å². The quantitative estimate of drug-likeness (QED) is 0.616. The van der Waals surface area contributed by atoms with Gasteiger partial charge in [0.25, 0.3) is 0 Å². The van der Waals surface area contributed by atoms with Gasteiger partial charge < -0.3 is 10.1 Å². The predicted octanol–water partition coefficient (Wildman–Crippen LogP) is 1.68. The maximum atomic E-state index is 11.5. The van der Waals surface area contributed by atoms with E-state index in [1.807, 2.05) is 0 Å². The van der Waals surface area contributed by atoms with E-state index in [-0.39, 0.29) is 26.4 Å². The van der Waals surface area contributed by atoms with Gasteiger partial charge in [0.2, 0.25) is 0 Å². The highest BCUT2D eigenvalue weighted by Gasteiger charge is 2.31. The molecule has 0 aromatic carbocycles. The van der Waals surface area contributed by atoms with E-state index in [9.17, 15) is 9.36 Å². The Bertz CT molecular complexity index is 303. The van der Waals surface area contributed by atoms with Gasteiger partial charge in [0.15, 0.2) is 0 Å². The molecular weight excluding hydrogens is 249 g/mol. The van der Waals surface area contributed by atoms with Crippen LogP contribution in [-0.2, 0) is 22.9 Å². The first-order valence-corrected chi connectivity index (χ1v) is 6.77. The standard InChI is InChI=1S/C9H18NO6P/c1-9(2,3)16-8(11)10-4-5-13-17(12)14-6-7-15-17/h4-7H2,1-3H3,(H,10,11). The number of nitrogens with one attached hydrogen (secondary N) is 1. The summed E-state index contributed by atoms with van der Waals surface area (Å²) in [5.74, 6) is 0. The van der Waals surface area contributed by atoms with Crippen molar-refractivity contribution >= 4 is 13.9 Å². The minimum Gasteiger partial charge on any atom is -0.444 e. The van der Waals surface area contributed by atoms with Crippen molar-refractivity contribution in [1.29, 1.82) is 0 Å². The van der Waals surface area contributed by atoms with Gasteiger partial charge in [-0.1, -0.05) is 0 Å². The molecule has 1 aliphatic heterocycles. The van der Waals surface area contributed by atoms with Gasteiger partial charge in [-0.05, 0) is 20.8 Å². The summed E-state index contributed by atoms with van der Waals surface area (Å²) in [6.45, 7) is 6.03. The summed E-state index contributed by atoms with van der Waals surface area (Å²) in [5, 5.41) is 2.46. The highest BCUT2D eigenvalue weighted by Crippen LogP contribution is 2.52. The van der Waals surface area contributed by atoms with Crippen LogP contribution >= 0.6 is 7.82 Å². The van der Waals surface area contributed by atoms with Crippen LogP contribution in [0.3, 0.4) is 0 Å². The minimum absolute atomic E-state index is 0.0382. The van der Waals surface area contributed by atoms with E-state index in [1.165, 1.54) is 0 Å². The Morgan fingerprint density at radius 1 is 1.35 bits per heavy atom. The highest BCUT2D eigenvalue weighted by atomic mass is 31.2. The highest BCUT2D eigenvalue weighted by molar-refractivity contribution is 7.48. The molecule has 0 radical (unpaired) electrons. The number of ether oxygens (including phenoxy) is 1. The molecule has 1 fully saturated rings. The summed E-state index contributed by atoms with van der Waals surface area (Å²) in [4.78, 5) is 11.2. The van der Waals surface area contributed by atoms with Gasteiger partial charge in [-0.25, -0.2) is 9.36 Å². The zero-order valence-electron chi connectivity index (χ0n) is 10.2. The van der Waals surface area contributed by atoms with Crippen LogP contribution in [-0.4, -0.2) is 38.1 Å². The molecule has 1 aliphatic rings. The summed E-state index contributed by atoms with van der Waals surface area (Å²) in [7, 11) is -3.36. The number of hydrogen-bond donors (Lipinski definition) is 1. The number of phosphoric acid groups is 1. The van der Waals surface area contributed by atoms with E-state index < -0.39 is 19.5 Å². The zero-order chi connectivity index (χ0) is 12.9. The first kappa shape index (κ1) is 14.4. The molecule has 0 aliphatic carbocycles. The third-order valence-corrected chi connectivity index (χ3v) is 3.10. The molecule has 7 nitrogen and oxygen atoms in total. The van der Waals surface area contributed by atoms with E-state index in [4.69, 9.17) is 18.3 Å². The van der Waals surface area contributed by atoms with Crippen LogP contribution < -0.4 is 5.32 Å². The summed E-state index contributed by atoms with van der Waals surface area (Å²) in [5.41, 5.74) is -0.546. The monoisotopic (exact) mass is 267 g/mol. The number of rotatable bonds is 4. The van der Waals surface area contributed by atoms with E-state index >= 15 is 0 Å². The molecule has 0 unspecified atom stereocenters. The Kier molecular flexibility index (Phi) is 4.94. The fourth-order valence-corrected chi connectivity index (χ4v) is 2.17. The first-order chi connectivity index (χ1) is 7.81. The lowest BCUT2D eigenvalue weighted by Gasteiger charge is -2.19. The second-order valence-electron chi connectivity index (χ2n) is 4.38. The van der Waals surface area contributed by atoms with Crippen molar-refractivity contribution in [3.8, 4) is 0 Å². The first-order valence-electron chi connectivity index (χ1n) is 5.31. The Hall–Kier alpha value is -0.620. The Morgan fingerprint density at radius 3 is 2.47 bits per heavy atom. The fourth-order valence-electron chi connectivity index (χ4n) is 1.03.